The van der Waals surface area contributed by atoms with E-state index in [0.29, 0.717) is 12.0 Å². The van der Waals surface area contributed by atoms with Gasteiger partial charge in [-0.25, -0.2) is 0 Å². The molecule has 1 aromatic carbocycles. The van der Waals surface area contributed by atoms with Crippen molar-refractivity contribution >= 4 is 5.69 Å². The largest absolute Gasteiger partial charge is 0.378 e. The van der Waals surface area contributed by atoms with Crippen molar-refractivity contribution in [3.8, 4) is 0 Å². The fourth-order valence-corrected chi connectivity index (χ4v) is 2.87. The molecule has 1 aromatic rings. The van der Waals surface area contributed by atoms with E-state index in [1.807, 2.05) is 6.07 Å². The summed E-state index contributed by atoms with van der Waals surface area (Å²) in [7, 11) is 0. The maximum atomic E-state index is 10.9. The highest BCUT2D eigenvalue weighted by molar-refractivity contribution is 5.35. The summed E-state index contributed by atoms with van der Waals surface area (Å²) in [4.78, 5) is 10.6. The Kier molecular flexibility index (Phi) is 5.70. The van der Waals surface area contributed by atoms with E-state index >= 15 is 0 Å². The van der Waals surface area contributed by atoms with Gasteiger partial charge >= 0.3 is 0 Å². The summed E-state index contributed by atoms with van der Waals surface area (Å²) in [5.74, 6) is 0.531. The number of hydrogen-bond donors (Lipinski definition) is 1. The molecule has 0 aliphatic carbocycles. The molecule has 5 heteroatoms. The average molecular weight is 292 g/mol. The first-order valence-corrected chi connectivity index (χ1v) is 7.71. The number of hydrogen-bond acceptors (Lipinski definition) is 4. The molecule has 116 valence electrons. The topological polar surface area (TPSA) is 64.4 Å². The highest BCUT2D eigenvalue weighted by Crippen LogP contribution is 2.25. The van der Waals surface area contributed by atoms with Crippen LogP contribution in [0.3, 0.4) is 0 Å². The van der Waals surface area contributed by atoms with E-state index in [2.05, 4.69) is 19.2 Å². The zero-order chi connectivity index (χ0) is 15.2. The fraction of sp³-hybridized carbons (Fsp3) is 0.625. The van der Waals surface area contributed by atoms with Gasteiger partial charge in [0.1, 0.15) is 0 Å². The number of nitro groups is 1. The third kappa shape index (κ3) is 4.25. The second-order valence-corrected chi connectivity index (χ2v) is 5.73. The lowest BCUT2D eigenvalue weighted by Crippen LogP contribution is -2.30. The Morgan fingerprint density at radius 2 is 2.33 bits per heavy atom. The standard InChI is InChI=1S/C16H24N2O3/c1-3-5-16(17-11-14-8-9-21-12(14)2)13-6-4-7-15(10-13)18(19)20/h4,6-7,10,12,14,16-17H,3,5,8-9,11H2,1-2H3. The summed E-state index contributed by atoms with van der Waals surface area (Å²) in [6.07, 6.45) is 3.40. The first-order chi connectivity index (χ1) is 10.1. The van der Waals surface area contributed by atoms with E-state index in [9.17, 15) is 10.1 Å². The van der Waals surface area contributed by atoms with Gasteiger partial charge in [-0.2, -0.15) is 0 Å². The van der Waals surface area contributed by atoms with Gasteiger partial charge in [0.05, 0.1) is 11.0 Å². The Labute approximate surface area is 125 Å². The van der Waals surface area contributed by atoms with Crippen LogP contribution in [-0.4, -0.2) is 24.2 Å². The summed E-state index contributed by atoms with van der Waals surface area (Å²) in [5.41, 5.74) is 1.16. The van der Waals surface area contributed by atoms with Gasteiger partial charge < -0.3 is 10.1 Å². The zero-order valence-corrected chi connectivity index (χ0v) is 12.7. The molecule has 0 saturated carbocycles. The number of non-ortho nitro benzene ring substituents is 1. The number of ether oxygens (including phenoxy) is 1. The van der Waals surface area contributed by atoms with Crippen molar-refractivity contribution in [1.82, 2.24) is 5.32 Å². The van der Waals surface area contributed by atoms with E-state index in [0.717, 1.165) is 38.0 Å². The third-order valence-electron chi connectivity index (χ3n) is 4.22. The van der Waals surface area contributed by atoms with E-state index < -0.39 is 0 Å². The molecule has 3 atom stereocenters. The summed E-state index contributed by atoms with van der Waals surface area (Å²) < 4.78 is 5.58. The highest BCUT2D eigenvalue weighted by atomic mass is 16.6. The van der Waals surface area contributed by atoms with Crippen LogP contribution in [0.25, 0.3) is 0 Å². The summed E-state index contributed by atoms with van der Waals surface area (Å²) in [6.45, 7) is 5.98. The molecule has 1 N–H and O–H groups in total. The molecule has 2 rings (SSSR count). The van der Waals surface area contributed by atoms with E-state index in [1.54, 1.807) is 18.2 Å². The SMILES string of the molecule is CCCC(NCC1CCOC1C)c1cccc([N+](=O)[O-])c1. The minimum Gasteiger partial charge on any atom is -0.378 e. The van der Waals surface area contributed by atoms with Crippen molar-refractivity contribution < 1.29 is 9.66 Å². The normalized spacial score (nSPS) is 23.1. The quantitative estimate of drug-likeness (QED) is 0.617. The molecule has 1 aliphatic heterocycles. The predicted molar refractivity (Wildman–Crippen MR) is 82.3 cm³/mol. The molecule has 0 bridgehead atoms. The van der Waals surface area contributed by atoms with Crippen molar-refractivity contribution in [1.29, 1.82) is 0 Å². The van der Waals surface area contributed by atoms with Gasteiger partial charge in [0.15, 0.2) is 0 Å². The molecule has 0 spiro atoms. The van der Waals surface area contributed by atoms with E-state index in [4.69, 9.17) is 4.74 Å². The number of benzene rings is 1. The molecule has 1 aliphatic rings. The maximum absolute atomic E-state index is 10.9. The first kappa shape index (κ1) is 15.9. The summed E-state index contributed by atoms with van der Waals surface area (Å²) in [5, 5.41) is 14.5. The third-order valence-corrected chi connectivity index (χ3v) is 4.22. The molecule has 3 unspecified atom stereocenters. The van der Waals surface area contributed by atoms with Crippen molar-refractivity contribution in [2.24, 2.45) is 5.92 Å². The van der Waals surface area contributed by atoms with Crippen LogP contribution in [0.2, 0.25) is 0 Å². The minimum atomic E-state index is -0.334. The van der Waals surface area contributed by atoms with Crippen molar-refractivity contribution in [3.05, 3.63) is 39.9 Å². The van der Waals surface area contributed by atoms with Gasteiger partial charge in [-0.3, -0.25) is 10.1 Å². The van der Waals surface area contributed by atoms with Crippen LogP contribution in [0.1, 0.15) is 44.7 Å². The fourth-order valence-electron chi connectivity index (χ4n) is 2.87. The molecule has 0 aromatic heterocycles. The Morgan fingerprint density at radius 3 is 2.95 bits per heavy atom. The number of nitro benzene ring substituents is 1. The molecule has 21 heavy (non-hydrogen) atoms. The Balaban J connectivity index is 2.03. The molecular weight excluding hydrogens is 268 g/mol. The Hall–Kier alpha value is -1.46. The highest BCUT2D eigenvalue weighted by Gasteiger charge is 2.25. The first-order valence-electron chi connectivity index (χ1n) is 7.71. The van der Waals surface area contributed by atoms with E-state index in [1.165, 1.54) is 0 Å². The van der Waals surface area contributed by atoms with Gasteiger partial charge in [-0.05, 0) is 31.2 Å². The smallest absolute Gasteiger partial charge is 0.269 e. The molecule has 0 amide bonds. The minimum absolute atomic E-state index is 0.160. The van der Waals surface area contributed by atoms with Gasteiger partial charge in [-0.15, -0.1) is 0 Å². The summed E-state index contributed by atoms with van der Waals surface area (Å²) in [6, 6.07) is 7.12. The monoisotopic (exact) mass is 292 g/mol. The number of nitrogens with zero attached hydrogens (tertiary/aromatic N) is 1. The second kappa shape index (κ2) is 7.52. The van der Waals surface area contributed by atoms with Crippen LogP contribution in [0, 0.1) is 16.0 Å². The molecule has 1 heterocycles. The molecule has 0 radical (unpaired) electrons. The van der Waals surface area contributed by atoms with Crippen LogP contribution < -0.4 is 5.32 Å². The maximum Gasteiger partial charge on any atom is 0.269 e. The molecule has 1 fully saturated rings. The van der Waals surface area contributed by atoms with Crippen LogP contribution >= 0.6 is 0 Å². The van der Waals surface area contributed by atoms with Gasteiger partial charge in [0.2, 0.25) is 0 Å². The predicted octanol–water partition coefficient (Wildman–Crippen LogP) is 3.45. The van der Waals surface area contributed by atoms with Gasteiger partial charge in [0, 0.05) is 31.3 Å². The lowest BCUT2D eigenvalue weighted by Gasteiger charge is -2.22. The van der Waals surface area contributed by atoms with Crippen LogP contribution in [-0.2, 0) is 4.74 Å². The lowest BCUT2D eigenvalue weighted by atomic mass is 9.98. The number of rotatable bonds is 7. The second-order valence-electron chi connectivity index (χ2n) is 5.73. The molecular formula is C16H24N2O3. The van der Waals surface area contributed by atoms with Crippen LogP contribution in [0.15, 0.2) is 24.3 Å². The van der Waals surface area contributed by atoms with Crippen molar-refractivity contribution in [3.63, 3.8) is 0 Å². The molecule has 1 saturated heterocycles. The zero-order valence-electron chi connectivity index (χ0n) is 12.7. The van der Waals surface area contributed by atoms with Crippen LogP contribution in [0.4, 0.5) is 5.69 Å². The van der Waals surface area contributed by atoms with Gasteiger partial charge in [-0.1, -0.05) is 25.5 Å². The van der Waals surface area contributed by atoms with Crippen LogP contribution in [0.5, 0.6) is 0 Å². The van der Waals surface area contributed by atoms with Crippen molar-refractivity contribution in [2.45, 2.75) is 45.3 Å². The lowest BCUT2D eigenvalue weighted by molar-refractivity contribution is -0.384. The molecule has 5 nitrogen and oxygen atoms in total. The number of nitrogens with one attached hydrogen (secondary N) is 1. The summed E-state index contributed by atoms with van der Waals surface area (Å²) >= 11 is 0. The van der Waals surface area contributed by atoms with Gasteiger partial charge in [0.25, 0.3) is 5.69 Å². The average Bonchev–Trinajstić information content (AvgIpc) is 2.89. The Morgan fingerprint density at radius 1 is 1.52 bits per heavy atom. The Bertz CT molecular complexity index is 478. The van der Waals surface area contributed by atoms with Crippen molar-refractivity contribution in [2.75, 3.05) is 13.2 Å². The van der Waals surface area contributed by atoms with E-state index in [-0.39, 0.29) is 16.7 Å².